The number of rotatable bonds is 8. The first-order valence-electron chi connectivity index (χ1n) is 10.2. The summed E-state index contributed by atoms with van der Waals surface area (Å²) in [4.78, 5) is 4.88. The van der Waals surface area contributed by atoms with Gasteiger partial charge in [0.1, 0.15) is 11.6 Å². The van der Waals surface area contributed by atoms with Gasteiger partial charge in [-0.25, -0.2) is 4.98 Å². The SMILES string of the molecule is COc1ccc(-n2c(CSc3nnc(NCC4CCCO4)s3)nc3ccccc32)cc1. The smallest absolute Gasteiger partial charge is 0.206 e. The summed E-state index contributed by atoms with van der Waals surface area (Å²) in [5.41, 5.74) is 3.12. The molecule has 2 aromatic heterocycles. The normalized spacial score (nSPS) is 16.1. The minimum absolute atomic E-state index is 0.282. The van der Waals surface area contributed by atoms with Crippen molar-refractivity contribution in [1.29, 1.82) is 0 Å². The first-order chi connectivity index (χ1) is 15.3. The van der Waals surface area contributed by atoms with Gasteiger partial charge in [0.25, 0.3) is 0 Å². The van der Waals surface area contributed by atoms with Crippen LogP contribution < -0.4 is 10.1 Å². The zero-order chi connectivity index (χ0) is 21.0. The molecule has 0 bridgehead atoms. The Kier molecular flexibility index (Phi) is 6.06. The third-order valence-corrected chi connectivity index (χ3v) is 7.21. The van der Waals surface area contributed by atoms with Gasteiger partial charge in [-0.05, 0) is 49.2 Å². The fraction of sp³-hybridized carbons (Fsp3) is 0.318. The molecule has 1 aliphatic rings. The van der Waals surface area contributed by atoms with E-state index in [4.69, 9.17) is 14.5 Å². The van der Waals surface area contributed by atoms with Crippen LogP contribution in [0.4, 0.5) is 5.13 Å². The molecule has 1 unspecified atom stereocenters. The summed E-state index contributed by atoms with van der Waals surface area (Å²) in [5.74, 6) is 2.50. The topological polar surface area (TPSA) is 74.1 Å². The van der Waals surface area contributed by atoms with Crippen LogP contribution in [0.5, 0.6) is 5.75 Å². The van der Waals surface area contributed by atoms with Crippen molar-refractivity contribution in [2.45, 2.75) is 29.0 Å². The molecule has 4 aromatic rings. The van der Waals surface area contributed by atoms with Gasteiger partial charge in [0, 0.05) is 18.8 Å². The highest BCUT2D eigenvalue weighted by molar-refractivity contribution is 8.00. The van der Waals surface area contributed by atoms with Gasteiger partial charge >= 0.3 is 0 Å². The Balaban J connectivity index is 1.33. The number of anilines is 1. The van der Waals surface area contributed by atoms with E-state index in [0.717, 1.165) is 63.8 Å². The largest absolute Gasteiger partial charge is 0.497 e. The first-order valence-corrected chi connectivity index (χ1v) is 12.0. The Morgan fingerprint density at radius 2 is 2.06 bits per heavy atom. The lowest BCUT2D eigenvalue weighted by Gasteiger charge is -2.10. The number of para-hydroxylation sites is 2. The molecule has 1 atom stereocenters. The zero-order valence-corrected chi connectivity index (χ0v) is 18.8. The van der Waals surface area contributed by atoms with Crippen molar-refractivity contribution in [3.63, 3.8) is 0 Å². The summed E-state index contributed by atoms with van der Waals surface area (Å²) < 4.78 is 14.1. The molecule has 5 rings (SSSR count). The van der Waals surface area contributed by atoms with Crippen molar-refractivity contribution in [2.24, 2.45) is 0 Å². The highest BCUT2D eigenvalue weighted by Gasteiger charge is 2.17. The van der Waals surface area contributed by atoms with Crippen LogP contribution in [-0.2, 0) is 10.5 Å². The number of aromatic nitrogens is 4. The molecule has 0 spiro atoms. The molecule has 1 aliphatic heterocycles. The van der Waals surface area contributed by atoms with Crippen LogP contribution in [0.2, 0.25) is 0 Å². The maximum absolute atomic E-state index is 5.66. The fourth-order valence-corrected chi connectivity index (χ4v) is 5.34. The van der Waals surface area contributed by atoms with Crippen molar-refractivity contribution < 1.29 is 9.47 Å². The number of hydrogen-bond acceptors (Lipinski definition) is 8. The van der Waals surface area contributed by atoms with Crippen LogP contribution in [0.15, 0.2) is 52.9 Å². The van der Waals surface area contributed by atoms with E-state index < -0.39 is 0 Å². The fourth-order valence-electron chi connectivity index (χ4n) is 3.66. The second-order valence-corrected chi connectivity index (χ2v) is 9.43. The maximum Gasteiger partial charge on any atom is 0.206 e. The highest BCUT2D eigenvalue weighted by Crippen LogP contribution is 2.31. The van der Waals surface area contributed by atoms with Gasteiger partial charge in [-0.2, -0.15) is 0 Å². The molecule has 1 saturated heterocycles. The number of fused-ring (bicyclic) bond motifs is 1. The van der Waals surface area contributed by atoms with Crippen molar-refractivity contribution in [2.75, 3.05) is 25.6 Å². The van der Waals surface area contributed by atoms with Crippen LogP contribution >= 0.6 is 23.1 Å². The Hall–Kier alpha value is -2.62. The van der Waals surface area contributed by atoms with Crippen LogP contribution in [0, 0.1) is 0 Å². The molecule has 0 radical (unpaired) electrons. The molecule has 9 heteroatoms. The minimum Gasteiger partial charge on any atom is -0.497 e. The second-order valence-electron chi connectivity index (χ2n) is 7.23. The Labute approximate surface area is 188 Å². The molecule has 3 heterocycles. The summed E-state index contributed by atoms with van der Waals surface area (Å²) in [7, 11) is 1.68. The number of methoxy groups -OCH3 is 1. The maximum atomic E-state index is 5.66. The predicted octanol–water partition coefficient (Wildman–Crippen LogP) is 4.77. The summed E-state index contributed by atoms with van der Waals surface area (Å²) in [5, 5.41) is 12.8. The molecular formula is C22H23N5O2S2. The number of benzene rings is 2. The number of nitrogens with zero attached hydrogens (tertiary/aromatic N) is 4. The highest BCUT2D eigenvalue weighted by atomic mass is 32.2. The average Bonchev–Trinajstić information content (AvgIpc) is 3.56. The van der Waals surface area contributed by atoms with Crippen LogP contribution in [-0.4, -0.2) is 46.1 Å². The number of hydrogen-bond donors (Lipinski definition) is 1. The molecule has 1 N–H and O–H groups in total. The molecule has 31 heavy (non-hydrogen) atoms. The lowest BCUT2D eigenvalue weighted by Crippen LogP contribution is -2.18. The minimum atomic E-state index is 0.282. The molecule has 0 saturated carbocycles. The van der Waals surface area contributed by atoms with Gasteiger partial charge < -0.3 is 14.8 Å². The predicted molar refractivity (Wildman–Crippen MR) is 125 cm³/mol. The van der Waals surface area contributed by atoms with Crippen molar-refractivity contribution >= 4 is 39.3 Å². The van der Waals surface area contributed by atoms with E-state index in [2.05, 4.69) is 38.3 Å². The molecular weight excluding hydrogens is 430 g/mol. The molecule has 0 amide bonds. The van der Waals surface area contributed by atoms with E-state index >= 15 is 0 Å². The van der Waals surface area contributed by atoms with Gasteiger partial charge in [0.2, 0.25) is 5.13 Å². The molecule has 1 fully saturated rings. The van der Waals surface area contributed by atoms with Crippen molar-refractivity contribution in [3.8, 4) is 11.4 Å². The molecule has 7 nitrogen and oxygen atoms in total. The second kappa shape index (κ2) is 9.25. The number of thioether (sulfide) groups is 1. The van der Waals surface area contributed by atoms with Gasteiger partial charge in [-0.15, -0.1) is 10.2 Å². The van der Waals surface area contributed by atoms with Gasteiger partial charge in [-0.3, -0.25) is 4.57 Å². The zero-order valence-electron chi connectivity index (χ0n) is 17.2. The number of nitrogens with one attached hydrogen (secondary N) is 1. The quantitative estimate of drug-likeness (QED) is 0.385. The van der Waals surface area contributed by atoms with Crippen molar-refractivity contribution in [1.82, 2.24) is 19.7 Å². The van der Waals surface area contributed by atoms with Crippen LogP contribution in [0.25, 0.3) is 16.7 Å². The summed E-state index contributed by atoms with van der Waals surface area (Å²) in [6.07, 6.45) is 2.53. The summed E-state index contributed by atoms with van der Waals surface area (Å²) in [6, 6.07) is 16.2. The van der Waals surface area contributed by atoms with E-state index in [-0.39, 0.29) is 6.10 Å². The molecule has 160 valence electrons. The lowest BCUT2D eigenvalue weighted by molar-refractivity contribution is 0.120. The summed E-state index contributed by atoms with van der Waals surface area (Å²) >= 11 is 3.22. The standard InChI is InChI=1S/C22H23N5O2S2/c1-28-16-10-8-15(9-11-16)27-19-7-3-2-6-18(19)24-20(27)14-30-22-26-25-21(31-22)23-13-17-5-4-12-29-17/h2-3,6-11,17H,4-5,12-14H2,1H3,(H,23,25). The van der Waals surface area contributed by atoms with Gasteiger partial charge in [-0.1, -0.05) is 35.2 Å². The average molecular weight is 454 g/mol. The molecule has 2 aromatic carbocycles. The van der Waals surface area contributed by atoms with E-state index in [1.54, 1.807) is 30.2 Å². The Bertz CT molecular complexity index is 1150. The Morgan fingerprint density at radius 3 is 2.87 bits per heavy atom. The first kappa shape index (κ1) is 20.3. The third-order valence-electron chi connectivity index (χ3n) is 5.20. The number of imidazole rings is 1. The summed E-state index contributed by atoms with van der Waals surface area (Å²) in [6.45, 7) is 1.64. The van der Waals surface area contributed by atoms with Crippen LogP contribution in [0.1, 0.15) is 18.7 Å². The van der Waals surface area contributed by atoms with Crippen LogP contribution in [0.3, 0.4) is 0 Å². The lowest BCUT2D eigenvalue weighted by atomic mass is 10.2. The Morgan fingerprint density at radius 1 is 1.19 bits per heavy atom. The molecule has 0 aliphatic carbocycles. The van der Waals surface area contributed by atoms with E-state index in [9.17, 15) is 0 Å². The van der Waals surface area contributed by atoms with Crippen molar-refractivity contribution in [3.05, 3.63) is 54.4 Å². The monoisotopic (exact) mass is 453 g/mol. The van der Waals surface area contributed by atoms with E-state index in [1.807, 2.05) is 30.3 Å². The van der Waals surface area contributed by atoms with E-state index in [1.165, 1.54) is 0 Å². The number of ether oxygens (including phenoxy) is 2. The van der Waals surface area contributed by atoms with Gasteiger partial charge in [0.05, 0.1) is 30.0 Å². The van der Waals surface area contributed by atoms with E-state index in [0.29, 0.717) is 5.75 Å². The van der Waals surface area contributed by atoms with Gasteiger partial charge in [0.15, 0.2) is 4.34 Å². The third kappa shape index (κ3) is 4.53.